The Labute approximate surface area is 119 Å². The molecule has 0 saturated heterocycles. The van der Waals surface area contributed by atoms with Gasteiger partial charge in [0.1, 0.15) is 11.9 Å². The highest BCUT2D eigenvalue weighted by molar-refractivity contribution is 5.90. The van der Waals surface area contributed by atoms with E-state index in [1.807, 2.05) is 0 Å². The predicted octanol–water partition coefficient (Wildman–Crippen LogP) is 3.84. The number of anilines is 1. The first-order valence-electron chi connectivity index (χ1n) is 7.27. The van der Waals surface area contributed by atoms with Crippen LogP contribution in [0.5, 0.6) is 0 Å². The van der Waals surface area contributed by atoms with Crippen molar-refractivity contribution in [3.8, 4) is 0 Å². The van der Waals surface area contributed by atoms with Gasteiger partial charge in [0.15, 0.2) is 0 Å². The van der Waals surface area contributed by atoms with Crippen LogP contribution in [0.15, 0.2) is 12.1 Å². The summed E-state index contributed by atoms with van der Waals surface area (Å²) in [6, 6.07) is 2.69. The number of nitrogens with two attached hydrogens (primary N) is 1. The van der Waals surface area contributed by atoms with Crippen molar-refractivity contribution in [2.24, 2.45) is 5.92 Å². The summed E-state index contributed by atoms with van der Waals surface area (Å²) in [6.45, 7) is 3.75. The first kappa shape index (κ1) is 14.8. The lowest BCUT2D eigenvalue weighted by Gasteiger charge is -2.28. The normalized spacial score (nSPS) is 22.6. The maximum atomic E-state index is 13.6. The lowest BCUT2D eigenvalue weighted by molar-refractivity contribution is 0.0139. The largest absolute Gasteiger partial charge is 0.459 e. The summed E-state index contributed by atoms with van der Waals surface area (Å²) in [5.41, 5.74) is 6.54. The molecule has 1 aromatic rings. The number of benzene rings is 1. The van der Waals surface area contributed by atoms with Crippen LogP contribution in [0.2, 0.25) is 0 Å². The van der Waals surface area contributed by atoms with E-state index in [2.05, 4.69) is 6.92 Å². The molecule has 0 radical (unpaired) electrons. The molecular weight excluding hydrogens is 257 g/mol. The minimum atomic E-state index is -0.475. The van der Waals surface area contributed by atoms with E-state index in [0.29, 0.717) is 11.5 Å². The average Bonchev–Trinajstić information content (AvgIpc) is 2.44. The van der Waals surface area contributed by atoms with Crippen molar-refractivity contribution in [1.29, 1.82) is 0 Å². The van der Waals surface area contributed by atoms with Gasteiger partial charge in [-0.1, -0.05) is 19.8 Å². The van der Waals surface area contributed by atoms with E-state index in [4.69, 9.17) is 10.5 Å². The van der Waals surface area contributed by atoms with Gasteiger partial charge in [-0.05, 0) is 44.2 Å². The third-order valence-electron chi connectivity index (χ3n) is 4.21. The van der Waals surface area contributed by atoms with Crippen LogP contribution in [-0.2, 0) is 4.74 Å². The van der Waals surface area contributed by atoms with Gasteiger partial charge in [-0.2, -0.15) is 0 Å². The molecule has 2 rings (SSSR count). The summed E-state index contributed by atoms with van der Waals surface area (Å²) in [7, 11) is 0. The van der Waals surface area contributed by atoms with Crippen molar-refractivity contribution < 1.29 is 13.9 Å². The van der Waals surface area contributed by atoms with E-state index in [-0.39, 0.29) is 17.4 Å². The monoisotopic (exact) mass is 279 g/mol. The van der Waals surface area contributed by atoms with Crippen molar-refractivity contribution in [3.05, 3.63) is 29.1 Å². The van der Waals surface area contributed by atoms with Crippen LogP contribution in [0, 0.1) is 18.7 Å². The van der Waals surface area contributed by atoms with E-state index in [1.54, 1.807) is 6.92 Å². The third-order valence-corrected chi connectivity index (χ3v) is 4.21. The molecule has 20 heavy (non-hydrogen) atoms. The molecule has 1 fully saturated rings. The second-order valence-electron chi connectivity index (χ2n) is 5.64. The number of carbonyl (C=O) groups is 1. The molecule has 2 N–H and O–H groups in total. The van der Waals surface area contributed by atoms with Gasteiger partial charge in [-0.3, -0.25) is 0 Å². The molecule has 0 aromatic heterocycles. The maximum Gasteiger partial charge on any atom is 0.338 e. The second kappa shape index (κ2) is 6.25. The highest BCUT2D eigenvalue weighted by Gasteiger charge is 2.24. The number of ether oxygens (including phenoxy) is 1. The number of nitrogen functional groups attached to an aromatic ring is 1. The molecule has 0 amide bonds. The zero-order valence-corrected chi connectivity index (χ0v) is 12.1. The third kappa shape index (κ3) is 3.30. The quantitative estimate of drug-likeness (QED) is 0.675. The lowest BCUT2D eigenvalue weighted by atomic mass is 9.85. The molecular formula is C16H22FNO2. The van der Waals surface area contributed by atoms with Crippen LogP contribution in [0.1, 0.15) is 54.9 Å². The Morgan fingerprint density at radius 1 is 1.45 bits per heavy atom. The number of esters is 1. The summed E-state index contributed by atoms with van der Waals surface area (Å²) in [6.07, 6.45) is 5.15. The molecule has 0 heterocycles. The first-order chi connectivity index (χ1) is 9.51. The standard InChI is InChI=1S/C16H22FNO2/c1-3-11-5-4-6-13(7-11)20-16(19)12-8-14(17)10(2)15(18)9-12/h8-9,11,13H,3-7,18H2,1-2H3. The molecule has 2 atom stereocenters. The molecule has 0 spiro atoms. The van der Waals surface area contributed by atoms with Crippen LogP contribution in [0.4, 0.5) is 10.1 Å². The molecule has 0 bridgehead atoms. The van der Waals surface area contributed by atoms with E-state index < -0.39 is 11.8 Å². The summed E-state index contributed by atoms with van der Waals surface area (Å²) in [5, 5.41) is 0. The van der Waals surface area contributed by atoms with Crippen molar-refractivity contribution >= 4 is 11.7 Å². The van der Waals surface area contributed by atoms with Crippen molar-refractivity contribution in [3.63, 3.8) is 0 Å². The summed E-state index contributed by atoms with van der Waals surface area (Å²) in [4.78, 5) is 12.1. The highest BCUT2D eigenvalue weighted by Crippen LogP contribution is 2.29. The van der Waals surface area contributed by atoms with Crippen LogP contribution in [-0.4, -0.2) is 12.1 Å². The van der Waals surface area contributed by atoms with Gasteiger partial charge in [-0.15, -0.1) is 0 Å². The summed E-state index contributed by atoms with van der Waals surface area (Å²) >= 11 is 0. The number of hydrogen-bond acceptors (Lipinski definition) is 3. The molecule has 0 aliphatic heterocycles. The zero-order valence-electron chi connectivity index (χ0n) is 12.1. The Morgan fingerprint density at radius 3 is 2.85 bits per heavy atom. The second-order valence-corrected chi connectivity index (χ2v) is 5.64. The number of hydrogen-bond donors (Lipinski definition) is 1. The predicted molar refractivity (Wildman–Crippen MR) is 77.0 cm³/mol. The minimum absolute atomic E-state index is 0.0493. The van der Waals surface area contributed by atoms with Crippen molar-refractivity contribution in [1.82, 2.24) is 0 Å². The van der Waals surface area contributed by atoms with Gasteiger partial charge in [0.2, 0.25) is 0 Å². The number of carbonyl (C=O) groups excluding carboxylic acids is 1. The number of halogens is 1. The fourth-order valence-corrected chi connectivity index (χ4v) is 2.76. The molecule has 2 unspecified atom stereocenters. The van der Waals surface area contributed by atoms with Gasteiger partial charge in [0.25, 0.3) is 0 Å². The smallest absolute Gasteiger partial charge is 0.338 e. The Kier molecular flexibility index (Phi) is 4.63. The van der Waals surface area contributed by atoms with Gasteiger partial charge in [-0.25, -0.2) is 9.18 Å². The molecule has 1 aliphatic carbocycles. The Balaban J connectivity index is 2.05. The molecule has 1 aliphatic rings. The van der Waals surface area contributed by atoms with E-state index in [0.717, 1.165) is 25.7 Å². The van der Waals surface area contributed by atoms with Gasteiger partial charge >= 0.3 is 5.97 Å². The van der Waals surface area contributed by atoms with Gasteiger partial charge in [0, 0.05) is 11.3 Å². The fraction of sp³-hybridized carbons (Fsp3) is 0.562. The Bertz CT molecular complexity index is 478. The Hall–Kier alpha value is -1.58. The van der Waals surface area contributed by atoms with Gasteiger partial charge in [0.05, 0.1) is 5.56 Å². The van der Waals surface area contributed by atoms with Crippen LogP contribution < -0.4 is 5.73 Å². The molecule has 3 nitrogen and oxygen atoms in total. The van der Waals surface area contributed by atoms with E-state index in [1.165, 1.54) is 18.6 Å². The average molecular weight is 279 g/mol. The van der Waals surface area contributed by atoms with Crippen LogP contribution in [0.3, 0.4) is 0 Å². The lowest BCUT2D eigenvalue weighted by Crippen LogP contribution is -2.25. The van der Waals surface area contributed by atoms with Crippen molar-refractivity contribution in [2.45, 2.75) is 52.1 Å². The topological polar surface area (TPSA) is 52.3 Å². The fourth-order valence-electron chi connectivity index (χ4n) is 2.76. The minimum Gasteiger partial charge on any atom is -0.459 e. The molecule has 4 heteroatoms. The van der Waals surface area contributed by atoms with E-state index in [9.17, 15) is 9.18 Å². The summed E-state index contributed by atoms with van der Waals surface area (Å²) in [5.74, 6) is -0.314. The number of rotatable bonds is 3. The maximum absolute atomic E-state index is 13.6. The first-order valence-corrected chi connectivity index (χ1v) is 7.27. The van der Waals surface area contributed by atoms with Crippen LogP contribution >= 0.6 is 0 Å². The van der Waals surface area contributed by atoms with Crippen LogP contribution in [0.25, 0.3) is 0 Å². The highest BCUT2D eigenvalue weighted by atomic mass is 19.1. The van der Waals surface area contributed by atoms with Gasteiger partial charge < -0.3 is 10.5 Å². The summed E-state index contributed by atoms with van der Waals surface area (Å²) < 4.78 is 19.1. The molecule has 110 valence electrons. The molecule has 1 saturated carbocycles. The van der Waals surface area contributed by atoms with Crippen molar-refractivity contribution in [2.75, 3.05) is 5.73 Å². The SMILES string of the molecule is CCC1CCCC(OC(=O)c2cc(N)c(C)c(F)c2)C1. The molecule has 1 aromatic carbocycles. The van der Waals surface area contributed by atoms with E-state index >= 15 is 0 Å². The zero-order chi connectivity index (χ0) is 14.7. The Morgan fingerprint density at radius 2 is 2.20 bits per heavy atom.